The number of nitrogens with one attached hydrogen (secondary N) is 1. The fourth-order valence-corrected chi connectivity index (χ4v) is 8.10. The maximum atomic E-state index is 16.7. The SMILES string of the molecule is Cc1cc(N)cc(-c2nc3c4c(nc(OCC56COC(C(F)F)(C5)C6)nc4c2F)N2C[C@H]4CC[C@H](N4)[C@H]2CCO3)c1C(F)(F)F. The topological polar surface area (TPSA) is 108 Å². The van der Waals surface area contributed by atoms with Crippen LogP contribution in [0.2, 0.25) is 0 Å². The van der Waals surface area contributed by atoms with Crippen molar-refractivity contribution in [2.45, 2.75) is 75.4 Å². The van der Waals surface area contributed by atoms with Gasteiger partial charge in [0.1, 0.15) is 28.0 Å². The smallest absolute Gasteiger partial charge is 0.417 e. The van der Waals surface area contributed by atoms with Crippen LogP contribution in [0.1, 0.15) is 43.2 Å². The van der Waals surface area contributed by atoms with Gasteiger partial charge in [-0.25, -0.2) is 18.2 Å². The molecule has 4 bridgehead atoms. The maximum absolute atomic E-state index is 16.7. The first-order chi connectivity index (χ1) is 21.4. The van der Waals surface area contributed by atoms with Gasteiger partial charge in [-0.15, -0.1) is 0 Å². The normalized spacial score (nSPS) is 30.1. The average molecular weight is 637 g/mol. The van der Waals surface area contributed by atoms with Crippen molar-refractivity contribution >= 4 is 22.4 Å². The number of aryl methyl sites for hydroxylation is 1. The minimum absolute atomic E-state index is 0.00493. The summed E-state index contributed by atoms with van der Waals surface area (Å²) in [4.78, 5) is 15.4. The van der Waals surface area contributed by atoms with Crippen LogP contribution in [0.4, 0.5) is 37.8 Å². The van der Waals surface area contributed by atoms with Gasteiger partial charge >= 0.3 is 12.2 Å². The molecule has 1 saturated carbocycles. The first kappa shape index (κ1) is 28.9. The van der Waals surface area contributed by atoms with E-state index in [0.717, 1.165) is 18.9 Å². The molecular formula is C30H30F6N6O3. The lowest BCUT2D eigenvalue weighted by Crippen LogP contribution is -2.59. The van der Waals surface area contributed by atoms with Crippen molar-refractivity contribution in [3.8, 4) is 23.1 Å². The highest BCUT2D eigenvalue weighted by Crippen LogP contribution is 2.60. The van der Waals surface area contributed by atoms with Crippen molar-refractivity contribution in [2.75, 3.05) is 37.0 Å². The number of anilines is 2. The number of alkyl halides is 5. The maximum Gasteiger partial charge on any atom is 0.417 e. The van der Waals surface area contributed by atoms with Gasteiger partial charge in [0.15, 0.2) is 5.82 Å². The number of hydrogen-bond acceptors (Lipinski definition) is 9. The van der Waals surface area contributed by atoms with Gasteiger partial charge < -0.3 is 30.2 Å². The molecule has 6 aliphatic rings. The highest BCUT2D eigenvalue weighted by molar-refractivity contribution is 5.97. The molecule has 0 amide bonds. The highest BCUT2D eigenvalue weighted by Gasteiger charge is 2.67. The second-order valence-corrected chi connectivity index (χ2v) is 13.1. The van der Waals surface area contributed by atoms with Gasteiger partial charge in [-0.1, -0.05) is 0 Å². The monoisotopic (exact) mass is 636 g/mol. The minimum atomic E-state index is -4.83. The molecular weight excluding hydrogens is 606 g/mol. The number of halogens is 6. The number of piperazine rings is 1. The van der Waals surface area contributed by atoms with Crippen molar-refractivity contribution < 1.29 is 40.6 Å². The zero-order valence-corrected chi connectivity index (χ0v) is 24.2. The van der Waals surface area contributed by atoms with Crippen LogP contribution in [0.25, 0.3) is 22.2 Å². The molecule has 7 heterocycles. The molecule has 3 aromatic rings. The van der Waals surface area contributed by atoms with E-state index in [2.05, 4.69) is 20.2 Å². The van der Waals surface area contributed by atoms with E-state index in [1.54, 1.807) is 0 Å². The molecule has 4 saturated heterocycles. The molecule has 9 rings (SSSR count). The molecule has 3 N–H and O–H groups in total. The predicted molar refractivity (Wildman–Crippen MR) is 150 cm³/mol. The lowest BCUT2D eigenvalue weighted by Gasteiger charge is -2.43. The Kier molecular flexibility index (Phi) is 6.22. The third-order valence-electron chi connectivity index (χ3n) is 10.0. The van der Waals surface area contributed by atoms with Crippen molar-refractivity contribution in [2.24, 2.45) is 5.41 Å². The zero-order valence-electron chi connectivity index (χ0n) is 24.2. The number of nitrogens with two attached hydrogens (primary N) is 1. The Morgan fingerprint density at radius 3 is 2.69 bits per heavy atom. The molecule has 0 radical (unpaired) electrons. The van der Waals surface area contributed by atoms with E-state index in [1.165, 1.54) is 13.0 Å². The first-order valence-electron chi connectivity index (χ1n) is 15.0. The molecule has 1 aliphatic carbocycles. The Morgan fingerprint density at radius 2 is 1.96 bits per heavy atom. The van der Waals surface area contributed by atoms with Crippen LogP contribution in [-0.2, 0) is 10.9 Å². The standard InChI is InChI=1S/C30H30F6N6O3/c1-13-6-14(37)7-16(20(13)30(34,35)36)22-21(31)23-19-24(41-27(40-23)44-11-28-9-29(10-28,26(32)33)45-12-28)42-8-15-2-3-17(38-15)18(42)4-5-43-25(19)39-22/h6-7,15,17-18,26,38H,2-5,8-12,37H2,1H3/t15-,17+,18-,28?,29?/m1/s1. The fraction of sp³-hybridized carbons (Fsp3) is 0.567. The zero-order chi connectivity index (χ0) is 31.5. The van der Waals surface area contributed by atoms with Crippen LogP contribution >= 0.6 is 0 Å². The van der Waals surface area contributed by atoms with Crippen LogP contribution in [0.5, 0.6) is 11.9 Å². The highest BCUT2D eigenvalue weighted by atomic mass is 19.4. The van der Waals surface area contributed by atoms with Crippen molar-refractivity contribution in [1.82, 2.24) is 20.3 Å². The number of aromatic nitrogens is 3. The summed E-state index contributed by atoms with van der Waals surface area (Å²) >= 11 is 0. The summed E-state index contributed by atoms with van der Waals surface area (Å²) in [7, 11) is 0. The van der Waals surface area contributed by atoms with E-state index in [9.17, 15) is 22.0 Å². The fourth-order valence-electron chi connectivity index (χ4n) is 8.10. The third kappa shape index (κ3) is 4.40. The summed E-state index contributed by atoms with van der Waals surface area (Å²) in [6, 6.07) is 2.23. The number of ether oxygens (including phenoxy) is 3. The molecule has 240 valence electrons. The molecule has 0 unspecified atom stereocenters. The van der Waals surface area contributed by atoms with E-state index in [1.807, 2.05) is 0 Å². The molecule has 0 spiro atoms. The summed E-state index contributed by atoms with van der Waals surface area (Å²) in [6.07, 6.45) is -4.81. The Bertz CT molecular complexity index is 1710. The quantitative estimate of drug-likeness (QED) is 0.295. The number of benzene rings is 1. The molecule has 15 heteroatoms. The summed E-state index contributed by atoms with van der Waals surface area (Å²) in [5.74, 6) is -0.898. The molecule has 2 aromatic heterocycles. The second kappa shape index (κ2) is 9.71. The van der Waals surface area contributed by atoms with E-state index in [4.69, 9.17) is 24.9 Å². The van der Waals surface area contributed by atoms with Gasteiger partial charge in [0.2, 0.25) is 5.88 Å². The molecule has 1 aromatic carbocycles. The number of nitrogens with zero attached hydrogens (tertiary/aromatic N) is 4. The Morgan fingerprint density at radius 1 is 1.16 bits per heavy atom. The number of fused-ring (bicyclic) bond motifs is 6. The summed E-state index contributed by atoms with van der Waals surface area (Å²) in [6.45, 7) is 2.02. The minimum Gasteiger partial charge on any atom is -0.477 e. The Balaban J connectivity index is 1.29. The van der Waals surface area contributed by atoms with E-state index >= 15 is 4.39 Å². The van der Waals surface area contributed by atoms with E-state index in [0.29, 0.717) is 18.8 Å². The number of rotatable bonds is 5. The summed E-state index contributed by atoms with van der Waals surface area (Å²) in [5, 5.41) is 3.74. The molecule has 5 aliphatic heterocycles. The van der Waals surface area contributed by atoms with Crippen LogP contribution < -0.4 is 25.4 Å². The second-order valence-electron chi connectivity index (χ2n) is 13.1. The Labute approximate surface area is 253 Å². The third-order valence-corrected chi connectivity index (χ3v) is 10.0. The molecule has 45 heavy (non-hydrogen) atoms. The summed E-state index contributed by atoms with van der Waals surface area (Å²) in [5.41, 5.74) is 1.07. The van der Waals surface area contributed by atoms with Gasteiger partial charge in [0.05, 0.1) is 25.4 Å². The first-order valence-corrected chi connectivity index (χ1v) is 15.0. The number of hydrogen-bond donors (Lipinski definition) is 2. The van der Waals surface area contributed by atoms with E-state index < -0.39 is 46.3 Å². The van der Waals surface area contributed by atoms with Gasteiger partial charge in [-0.05, 0) is 50.3 Å². The van der Waals surface area contributed by atoms with Crippen LogP contribution in [0, 0.1) is 18.2 Å². The van der Waals surface area contributed by atoms with E-state index in [-0.39, 0.29) is 84.8 Å². The predicted octanol–water partition coefficient (Wildman–Crippen LogP) is 5.03. The molecule has 3 atom stereocenters. The molecule has 9 nitrogen and oxygen atoms in total. The van der Waals surface area contributed by atoms with Gasteiger partial charge in [-0.2, -0.15) is 23.1 Å². The van der Waals surface area contributed by atoms with Gasteiger partial charge in [0.25, 0.3) is 6.43 Å². The lowest BCUT2D eigenvalue weighted by molar-refractivity contribution is -0.137. The van der Waals surface area contributed by atoms with Crippen molar-refractivity contribution in [1.29, 1.82) is 0 Å². The Hall–Kier alpha value is -3.59. The summed E-state index contributed by atoms with van der Waals surface area (Å²) < 4.78 is 104. The lowest BCUT2D eigenvalue weighted by atomic mass is 9.63. The van der Waals surface area contributed by atoms with Crippen molar-refractivity contribution in [3.05, 3.63) is 29.1 Å². The number of pyridine rings is 1. The van der Waals surface area contributed by atoms with Crippen LogP contribution in [0.3, 0.4) is 0 Å². The molecule has 5 fully saturated rings. The van der Waals surface area contributed by atoms with Crippen LogP contribution in [0.15, 0.2) is 12.1 Å². The largest absolute Gasteiger partial charge is 0.477 e. The van der Waals surface area contributed by atoms with Crippen molar-refractivity contribution in [3.63, 3.8) is 0 Å². The van der Waals surface area contributed by atoms with Crippen LogP contribution in [-0.4, -0.2) is 71.5 Å². The van der Waals surface area contributed by atoms with Gasteiger partial charge in [0, 0.05) is 47.8 Å². The van der Waals surface area contributed by atoms with Gasteiger partial charge in [-0.3, -0.25) is 0 Å². The average Bonchev–Trinajstić information content (AvgIpc) is 3.64. The number of nitrogen functional groups attached to an aromatic ring is 1.